The van der Waals surface area contributed by atoms with Crippen molar-refractivity contribution in [2.45, 2.75) is 25.4 Å². The van der Waals surface area contributed by atoms with E-state index in [-0.39, 0.29) is 0 Å². The number of hydrogen-bond donors (Lipinski definition) is 2. The van der Waals surface area contributed by atoms with Crippen LogP contribution in [0.25, 0.3) is 0 Å². The highest BCUT2D eigenvalue weighted by molar-refractivity contribution is 9.10. The number of rotatable bonds is 4. The number of nitrogens with one attached hydrogen (secondary N) is 2. The van der Waals surface area contributed by atoms with Gasteiger partial charge in [0.2, 0.25) is 0 Å². The lowest BCUT2D eigenvalue weighted by Gasteiger charge is -2.11. The normalized spacial score (nSPS) is 20.7. The van der Waals surface area contributed by atoms with Crippen LogP contribution in [0, 0.1) is 0 Å². The zero-order valence-corrected chi connectivity index (χ0v) is 10.4. The zero-order valence-electron chi connectivity index (χ0n) is 8.80. The third-order valence-corrected chi connectivity index (χ3v) is 3.26. The molecule has 1 unspecified atom stereocenters. The van der Waals surface area contributed by atoms with Gasteiger partial charge in [0, 0.05) is 23.6 Å². The van der Waals surface area contributed by atoms with Crippen LogP contribution >= 0.6 is 15.9 Å². The molecule has 0 spiro atoms. The van der Waals surface area contributed by atoms with Gasteiger partial charge in [-0.05, 0) is 37.1 Å². The highest BCUT2D eigenvalue weighted by Gasteiger charge is 2.12. The maximum absolute atomic E-state index is 3.49. The Kier molecular flexibility index (Phi) is 4.18. The molecule has 1 aliphatic heterocycles. The van der Waals surface area contributed by atoms with E-state index in [0.717, 1.165) is 17.6 Å². The van der Waals surface area contributed by atoms with E-state index in [9.17, 15) is 0 Å². The van der Waals surface area contributed by atoms with Crippen molar-refractivity contribution in [1.82, 2.24) is 10.6 Å². The van der Waals surface area contributed by atoms with Crippen LogP contribution < -0.4 is 10.6 Å². The minimum absolute atomic E-state index is 0.678. The van der Waals surface area contributed by atoms with Gasteiger partial charge >= 0.3 is 0 Å². The summed E-state index contributed by atoms with van der Waals surface area (Å²) in [6, 6.07) is 9.13. The van der Waals surface area contributed by atoms with Crippen molar-refractivity contribution in [3.63, 3.8) is 0 Å². The first-order chi connectivity index (χ1) is 7.34. The van der Waals surface area contributed by atoms with Gasteiger partial charge < -0.3 is 10.6 Å². The van der Waals surface area contributed by atoms with E-state index in [0.29, 0.717) is 6.04 Å². The van der Waals surface area contributed by atoms with Gasteiger partial charge in [0.1, 0.15) is 0 Å². The number of halogens is 1. The second kappa shape index (κ2) is 5.64. The smallest absolute Gasteiger partial charge is 0.0206 e. The van der Waals surface area contributed by atoms with Gasteiger partial charge in [-0.2, -0.15) is 0 Å². The van der Waals surface area contributed by atoms with Gasteiger partial charge in [0.15, 0.2) is 0 Å². The number of hydrogen-bond acceptors (Lipinski definition) is 2. The predicted molar refractivity (Wildman–Crippen MR) is 66.9 cm³/mol. The van der Waals surface area contributed by atoms with E-state index in [1.807, 2.05) is 0 Å². The first kappa shape index (κ1) is 11.1. The molecule has 1 aromatic rings. The fraction of sp³-hybridized carbons (Fsp3) is 0.500. The molecule has 1 heterocycles. The summed E-state index contributed by atoms with van der Waals surface area (Å²) in [5.41, 5.74) is 1.34. The third kappa shape index (κ3) is 3.59. The van der Waals surface area contributed by atoms with Crippen LogP contribution in [0.5, 0.6) is 0 Å². The Morgan fingerprint density at radius 3 is 3.13 bits per heavy atom. The van der Waals surface area contributed by atoms with Crippen LogP contribution in [0.15, 0.2) is 28.7 Å². The molecule has 0 bridgehead atoms. The van der Waals surface area contributed by atoms with Crippen molar-refractivity contribution in [3.8, 4) is 0 Å². The van der Waals surface area contributed by atoms with Crippen LogP contribution in [0.4, 0.5) is 0 Å². The summed E-state index contributed by atoms with van der Waals surface area (Å²) in [5.74, 6) is 0. The SMILES string of the molecule is Brc1cccc(CNCC2CCCN2)c1. The maximum atomic E-state index is 3.49. The van der Waals surface area contributed by atoms with Crippen molar-refractivity contribution in [3.05, 3.63) is 34.3 Å². The van der Waals surface area contributed by atoms with Gasteiger partial charge in [0.25, 0.3) is 0 Å². The lowest BCUT2D eigenvalue weighted by Crippen LogP contribution is -2.33. The Morgan fingerprint density at radius 1 is 1.47 bits per heavy atom. The average Bonchev–Trinajstić information content (AvgIpc) is 2.71. The fourth-order valence-corrected chi connectivity index (χ4v) is 2.42. The Hall–Kier alpha value is -0.380. The molecule has 82 valence electrons. The minimum Gasteiger partial charge on any atom is -0.313 e. The van der Waals surface area contributed by atoms with E-state index in [2.05, 4.69) is 50.8 Å². The fourth-order valence-electron chi connectivity index (χ4n) is 1.97. The van der Waals surface area contributed by atoms with Gasteiger partial charge in [0.05, 0.1) is 0 Å². The molecule has 2 N–H and O–H groups in total. The topological polar surface area (TPSA) is 24.1 Å². The number of benzene rings is 1. The molecule has 1 aliphatic rings. The Labute approximate surface area is 99.6 Å². The van der Waals surface area contributed by atoms with Gasteiger partial charge in [-0.3, -0.25) is 0 Å². The minimum atomic E-state index is 0.678. The van der Waals surface area contributed by atoms with Crippen molar-refractivity contribution < 1.29 is 0 Å². The maximum Gasteiger partial charge on any atom is 0.0206 e. The predicted octanol–water partition coefficient (Wildman–Crippen LogP) is 2.29. The summed E-state index contributed by atoms with van der Waals surface area (Å²) in [7, 11) is 0. The second-order valence-corrected chi connectivity index (χ2v) is 4.97. The molecule has 0 radical (unpaired) electrons. The van der Waals surface area contributed by atoms with Crippen LogP contribution in [0.1, 0.15) is 18.4 Å². The summed E-state index contributed by atoms with van der Waals surface area (Å²) < 4.78 is 1.15. The summed E-state index contributed by atoms with van der Waals surface area (Å²) in [5, 5.41) is 6.97. The molecule has 0 aromatic heterocycles. The van der Waals surface area contributed by atoms with Gasteiger partial charge in [-0.25, -0.2) is 0 Å². The summed E-state index contributed by atoms with van der Waals surface area (Å²) in [6.07, 6.45) is 2.63. The zero-order chi connectivity index (χ0) is 10.5. The molecule has 0 saturated carbocycles. The molecule has 2 rings (SSSR count). The van der Waals surface area contributed by atoms with Crippen LogP contribution in [0.3, 0.4) is 0 Å². The van der Waals surface area contributed by atoms with Crippen molar-refractivity contribution >= 4 is 15.9 Å². The second-order valence-electron chi connectivity index (χ2n) is 4.05. The van der Waals surface area contributed by atoms with E-state index < -0.39 is 0 Å². The molecule has 1 aromatic carbocycles. The van der Waals surface area contributed by atoms with E-state index in [1.165, 1.54) is 24.9 Å². The monoisotopic (exact) mass is 268 g/mol. The standard InChI is InChI=1S/C12H17BrN2/c13-11-4-1-3-10(7-11)8-14-9-12-5-2-6-15-12/h1,3-4,7,12,14-15H,2,5-6,8-9H2. The third-order valence-electron chi connectivity index (χ3n) is 2.77. The lowest BCUT2D eigenvalue weighted by molar-refractivity contribution is 0.536. The first-order valence-corrected chi connectivity index (χ1v) is 6.32. The lowest BCUT2D eigenvalue weighted by atomic mass is 10.2. The van der Waals surface area contributed by atoms with Crippen LogP contribution in [0.2, 0.25) is 0 Å². The highest BCUT2D eigenvalue weighted by Crippen LogP contribution is 2.11. The van der Waals surface area contributed by atoms with Gasteiger partial charge in [-0.15, -0.1) is 0 Å². The molecule has 3 heteroatoms. The Morgan fingerprint density at radius 2 is 2.40 bits per heavy atom. The average molecular weight is 269 g/mol. The van der Waals surface area contributed by atoms with Crippen molar-refractivity contribution in [2.24, 2.45) is 0 Å². The van der Waals surface area contributed by atoms with Crippen molar-refractivity contribution in [1.29, 1.82) is 0 Å². The molecule has 2 nitrogen and oxygen atoms in total. The molecular formula is C12H17BrN2. The molecule has 1 fully saturated rings. The first-order valence-electron chi connectivity index (χ1n) is 5.53. The Balaban J connectivity index is 1.73. The van der Waals surface area contributed by atoms with Crippen molar-refractivity contribution in [2.75, 3.05) is 13.1 Å². The summed E-state index contributed by atoms with van der Waals surface area (Å²) in [4.78, 5) is 0. The molecule has 0 aliphatic carbocycles. The molecule has 0 amide bonds. The highest BCUT2D eigenvalue weighted by atomic mass is 79.9. The van der Waals surface area contributed by atoms with Crippen LogP contribution in [-0.2, 0) is 6.54 Å². The molecule has 15 heavy (non-hydrogen) atoms. The van der Waals surface area contributed by atoms with E-state index in [1.54, 1.807) is 0 Å². The van der Waals surface area contributed by atoms with E-state index >= 15 is 0 Å². The van der Waals surface area contributed by atoms with E-state index in [4.69, 9.17) is 0 Å². The molecule has 1 saturated heterocycles. The molecule has 1 atom stereocenters. The van der Waals surface area contributed by atoms with Crippen LogP contribution in [-0.4, -0.2) is 19.1 Å². The summed E-state index contributed by atoms with van der Waals surface area (Å²) in [6.45, 7) is 3.22. The van der Waals surface area contributed by atoms with Gasteiger partial charge in [-0.1, -0.05) is 28.1 Å². The Bertz CT molecular complexity index is 308. The largest absolute Gasteiger partial charge is 0.313 e. The summed E-state index contributed by atoms with van der Waals surface area (Å²) >= 11 is 3.48. The molecular weight excluding hydrogens is 252 g/mol. The quantitative estimate of drug-likeness (QED) is 0.876.